The summed E-state index contributed by atoms with van der Waals surface area (Å²) in [6, 6.07) is 15.4. The Balaban J connectivity index is 2.12. The first-order valence-electron chi connectivity index (χ1n) is 6.49. The van der Waals surface area contributed by atoms with Gasteiger partial charge in [-0.05, 0) is 43.7 Å². The molecule has 106 valence electrons. The molecule has 0 aliphatic carbocycles. The second kappa shape index (κ2) is 5.67. The van der Waals surface area contributed by atoms with Crippen molar-refractivity contribution in [3.05, 3.63) is 59.7 Å². The highest BCUT2D eigenvalue weighted by Crippen LogP contribution is 2.21. The van der Waals surface area contributed by atoms with E-state index in [1.165, 1.54) is 17.4 Å². The summed E-state index contributed by atoms with van der Waals surface area (Å²) in [5, 5.41) is 3.36. The largest absolute Gasteiger partial charge is 0.379 e. The van der Waals surface area contributed by atoms with Gasteiger partial charge in [-0.15, -0.1) is 0 Å². The molecular formula is C16H19NO2S. The van der Waals surface area contributed by atoms with Crippen LogP contribution in [0.3, 0.4) is 0 Å². The molecule has 3 nitrogen and oxygen atoms in total. The lowest BCUT2D eigenvalue weighted by Gasteiger charge is -2.16. The van der Waals surface area contributed by atoms with E-state index in [1.54, 1.807) is 24.3 Å². The van der Waals surface area contributed by atoms with Gasteiger partial charge in [-0.3, -0.25) is 0 Å². The summed E-state index contributed by atoms with van der Waals surface area (Å²) in [4.78, 5) is 0.339. The third-order valence-electron chi connectivity index (χ3n) is 3.24. The van der Waals surface area contributed by atoms with Gasteiger partial charge in [0.15, 0.2) is 9.84 Å². The first-order valence-corrected chi connectivity index (χ1v) is 8.38. The Kier molecular flexibility index (Phi) is 4.14. The molecule has 0 aromatic heterocycles. The Bertz CT molecular complexity index is 673. The summed E-state index contributed by atoms with van der Waals surface area (Å²) >= 11 is 0. The van der Waals surface area contributed by atoms with E-state index >= 15 is 0 Å². The minimum Gasteiger partial charge on any atom is -0.379 e. The fraction of sp³-hybridized carbons (Fsp3) is 0.250. The van der Waals surface area contributed by atoms with E-state index in [1.807, 2.05) is 0 Å². The second-order valence-corrected chi connectivity index (χ2v) is 7.09. The van der Waals surface area contributed by atoms with Gasteiger partial charge in [-0.25, -0.2) is 8.42 Å². The average Bonchev–Trinajstić information content (AvgIpc) is 2.39. The van der Waals surface area contributed by atoms with Gasteiger partial charge in [-0.2, -0.15) is 0 Å². The summed E-state index contributed by atoms with van der Waals surface area (Å²) in [5.74, 6) is 0. The van der Waals surface area contributed by atoms with Crippen molar-refractivity contribution in [2.75, 3.05) is 11.6 Å². The van der Waals surface area contributed by atoms with Crippen molar-refractivity contribution in [3.63, 3.8) is 0 Å². The number of hydrogen-bond donors (Lipinski definition) is 1. The van der Waals surface area contributed by atoms with E-state index in [4.69, 9.17) is 0 Å². The van der Waals surface area contributed by atoms with Crippen LogP contribution in [0.1, 0.15) is 24.1 Å². The molecular weight excluding hydrogens is 270 g/mol. The topological polar surface area (TPSA) is 46.2 Å². The smallest absolute Gasteiger partial charge is 0.175 e. The van der Waals surface area contributed by atoms with Gasteiger partial charge >= 0.3 is 0 Å². The third-order valence-corrected chi connectivity index (χ3v) is 4.37. The molecule has 0 fully saturated rings. The number of nitrogens with one attached hydrogen (secondary N) is 1. The number of rotatable bonds is 4. The minimum atomic E-state index is -3.13. The van der Waals surface area contributed by atoms with E-state index in [2.05, 4.69) is 43.4 Å². The molecule has 0 aliphatic rings. The standard InChI is InChI=1S/C16H19NO2S/c1-12-4-6-14(7-5-12)13(2)17-15-8-10-16(11-9-15)20(3,18)19/h4-11,13,17H,1-3H3. The molecule has 0 saturated heterocycles. The predicted octanol–water partition coefficient (Wildman–Crippen LogP) is 3.57. The Hall–Kier alpha value is -1.81. The number of sulfone groups is 1. The second-order valence-electron chi connectivity index (χ2n) is 5.07. The zero-order valence-corrected chi connectivity index (χ0v) is 12.7. The highest BCUT2D eigenvalue weighted by atomic mass is 32.2. The SMILES string of the molecule is Cc1ccc(C(C)Nc2ccc(S(C)(=O)=O)cc2)cc1. The van der Waals surface area contributed by atoms with Crippen molar-refractivity contribution >= 4 is 15.5 Å². The maximum absolute atomic E-state index is 11.4. The van der Waals surface area contributed by atoms with Crippen LogP contribution in [-0.4, -0.2) is 14.7 Å². The van der Waals surface area contributed by atoms with Crippen LogP contribution in [0.2, 0.25) is 0 Å². The summed E-state index contributed by atoms with van der Waals surface area (Å²) in [6.45, 7) is 4.14. The van der Waals surface area contributed by atoms with Crippen LogP contribution in [0, 0.1) is 6.92 Å². The summed E-state index contributed by atoms with van der Waals surface area (Å²) in [6.07, 6.45) is 1.21. The van der Waals surface area contributed by atoms with Crippen molar-refractivity contribution < 1.29 is 8.42 Å². The van der Waals surface area contributed by atoms with Crippen molar-refractivity contribution in [3.8, 4) is 0 Å². The molecule has 2 rings (SSSR count). The normalized spacial score (nSPS) is 12.9. The highest BCUT2D eigenvalue weighted by molar-refractivity contribution is 7.90. The first kappa shape index (κ1) is 14.6. The van der Waals surface area contributed by atoms with Crippen LogP contribution < -0.4 is 5.32 Å². The maximum atomic E-state index is 11.4. The molecule has 20 heavy (non-hydrogen) atoms. The van der Waals surface area contributed by atoms with Gasteiger partial charge in [0.25, 0.3) is 0 Å². The molecule has 0 amide bonds. The van der Waals surface area contributed by atoms with Crippen molar-refractivity contribution in [2.45, 2.75) is 24.8 Å². The molecule has 0 spiro atoms. The van der Waals surface area contributed by atoms with Gasteiger partial charge in [0.05, 0.1) is 4.90 Å². The first-order chi connectivity index (χ1) is 9.36. The summed E-state index contributed by atoms with van der Waals surface area (Å²) in [5.41, 5.74) is 3.34. The van der Waals surface area contributed by atoms with E-state index in [0.717, 1.165) is 5.69 Å². The van der Waals surface area contributed by atoms with Crippen molar-refractivity contribution in [1.82, 2.24) is 0 Å². The average molecular weight is 289 g/mol. The third kappa shape index (κ3) is 3.61. The van der Waals surface area contributed by atoms with E-state index < -0.39 is 9.84 Å². The number of aryl methyl sites for hydroxylation is 1. The molecule has 0 heterocycles. The fourth-order valence-electron chi connectivity index (χ4n) is 1.99. The lowest BCUT2D eigenvalue weighted by Crippen LogP contribution is -2.06. The van der Waals surface area contributed by atoms with Gasteiger partial charge in [-0.1, -0.05) is 29.8 Å². The van der Waals surface area contributed by atoms with Gasteiger partial charge in [0.1, 0.15) is 0 Å². The Morgan fingerprint density at radius 1 is 0.950 bits per heavy atom. The quantitative estimate of drug-likeness (QED) is 0.936. The molecule has 2 aromatic carbocycles. The van der Waals surface area contributed by atoms with Gasteiger partial charge in [0.2, 0.25) is 0 Å². The van der Waals surface area contributed by atoms with Crippen LogP contribution in [0.25, 0.3) is 0 Å². The maximum Gasteiger partial charge on any atom is 0.175 e. The molecule has 1 atom stereocenters. The van der Waals surface area contributed by atoms with Crippen LogP contribution in [0.5, 0.6) is 0 Å². The lowest BCUT2D eigenvalue weighted by molar-refractivity contribution is 0.602. The van der Waals surface area contributed by atoms with Gasteiger partial charge in [0, 0.05) is 18.0 Å². The van der Waals surface area contributed by atoms with E-state index in [9.17, 15) is 8.42 Å². The number of benzene rings is 2. The molecule has 1 N–H and O–H groups in total. The lowest BCUT2D eigenvalue weighted by atomic mass is 10.1. The van der Waals surface area contributed by atoms with E-state index in [-0.39, 0.29) is 6.04 Å². The Morgan fingerprint density at radius 2 is 1.50 bits per heavy atom. The summed E-state index contributed by atoms with van der Waals surface area (Å²) < 4.78 is 22.8. The zero-order chi connectivity index (χ0) is 14.8. The molecule has 1 unspecified atom stereocenters. The van der Waals surface area contributed by atoms with Crippen molar-refractivity contribution in [1.29, 1.82) is 0 Å². The van der Waals surface area contributed by atoms with Crippen molar-refractivity contribution in [2.24, 2.45) is 0 Å². The monoisotopic (exact) mass is 289 g/mol. The minimum absolute atomic E-state index is 0.166. The van der Waals surface area contributed by atoms with Crippen LogP contribution >= 0.6 is 0 Å². The molecule has 0 bridgehead atoms. The molecule has 0 aliphatic heterocycles. The Morgan fingerprint density at radius 3 is 2.00 bits per heavy atom. The van der Waals surface area contributed by atoms with Gasteiger partial charge < -0.3 is 5.32 Å². The fourth-order valence-corrected chi connectivity index (χ4v) is 2.62. The zero-order valence-electron chi connectivity index (χ0n) is 11.9. The Labute approximate surface area is 120 Å². The van der Waals surface area contributed by atoms with Crippen LogP contribution in [0.15, 0.2) is 53.4 Å². The number of hydrogen-bond acceptors (Lipinski definition) is 3. The molecule has 0 saturated carbocycles. The predicted molar refractivity (Wildman–Crippen MR) is 82.8 cm³/mol. The molecule has 2 aromatic rings. The molecule has 0 radical (unpaired) electrons. The summed E-state index contributed by atoms with van der Waals surface area (Å²) in [7, 11) is -3.13. The van der Waals surface area contributed by atoms with Crippen LogP contribution in [0.4, 0.5) is 5.69 Å². The number of anilines is 1. The van der Waals surface area contributed by atoms with Crippen LogP contribution in [-0.2, 0) is 9.84 Å². The van der Waals surface area contributed by atoms with E-state index in [0.29, 0.717) is 4.90 Å². The molecule has 4 heteroatoms. The highest BCUT2D eigenvalue weighted by Gasteiger charge is 2.08.